The summed E-state index contributed by atoms with van der Waals surface area (Å²) in [4.78, 5) is 0. The summed E-state index contributed by atoms with van der Waals surface area (Å²) in [5.41, 5.74) is 1.06. The van der Waals surface area contributed by atoms with Crippen molar-refractivity contribution in [3.8, 4) is 5.75 Å². The summed E-state index contributed by atoms with van der Waals surface area (Å²) >= 11 is 0. The molecule has 0 aromatic heterocycles. The molecule has 0 saturated heterocycles. The fourth-order valence-electron chi connectivity index (χ4n) is 1.14. The lowest BCUT2D eigenvalue weighted by molar-refractivity contribution is 0.186. The zero-order valence-corrected chi connectivity index (χ0v) is 8.35. The van der Waals surface area contributed by atoms with E-state index in [1.807, 2.05) is 24.3 Å². The Morgan fingerprint density at radius 1 is 1.29 bits per heavy atom. The molecule has 0 radical (unpaired) electrons. The summed E-state index contributed by atoms with van der Waals surface area (Å²) in [5, 5.41) is 18.1. The van der Waals surface area contributed by atoms with Crippen molar-refractivity contribution in [3.63, 3.8) is 0 Å². The van der Waals surface area contributed by atoms with Crippen LogP contribution in [-0.2, 0) is 0 Å². The first-order chi connectivity index (χ1) is 6.68. The average Bonchev–Trinajstić information content (AvgIpc) is 2.15. The van der Waals surface area contributed by atoms with Crippen molar-refractivity contribution in [2.24, 2.45) is 0 Å². The van der Waals surface area contributed by atoms with Crippen molar-refractivity contribution < 1.29 is 10.2 Å². The van der Waals surface area contributed by atoms with Crippen LogP contribution in [0.5, 0.6) is 5.75 Å². The first-order valence-electron chi connectivity index (χ1n) is 4.82. The molecule has 1 aromatic carbocycles. The van der Waals surface area contributed by atoms with Gasteiger partial charge in [-0.3, -0.25) is 0 Å². The van der Waals surface area contributed by atoms with E-state index in [9.17, 15) is 0 Å². The predicted molar refractivity (Wildman–Crippen MR) is 58.1 cm³/mol. The van der Waals surface area contributed by atoms with Crippen molar-refractivity contribution in [3.05, 3.63) is 35.9 Å². The van der Waals surface area contributed by atoms with E-state index in [1.54, 1.807) is 19.1 Å². The molecule has 0 aliphatic rings. The van der Waals surface area contributed by atoms with Crippen LogP contribution in [-0.4, -0.2) is 16.3 Å². The number of aromatic hydroxyl groups is 1. The zero-order chi connectivity index (χ0) is 10.4. The van der Waals surface area contributed by atoms with Crippen molar-refractivity contribution in [2.75, 3.05) is 0 Å². The van der Waals surface area contributed by atoms with Crippen LogP contribution in [0.25, 0.3) is 6.08 Å². The van der Waals surface area contributed by atoms with Gasteiger partial charge in [-0.15, -0.1) is 0 Å². The molecule has 0 amide bonds. The maximum absolute atomic E-state index is 9.04. The van der Waals surface area contributed by atoms with E-state index in [0.29, 0.717) is 0 Å². The van der Waals surface area contributed by atoms with Crippen molar-refractivity contribution in [1.82, 2.24) is 0 Å². The zero-order valence-electron chi connectivity index (χ0n) is 8.35. The standard InChI is InChI=1S/C12H16O2/c1-10(13)4-2-3-5-11-6-8-12(14)9-7-11/h3,5-10,13-14H,2,4H2,1H3/t10-/m0/s1. The number of aliphatic hydroxyl groups is 1. The largest absolute Gasteiger partial charge is 0.508 e. The van der Waals surface area contributed by atoms with Crippen LogP contribution in [0.1, 0.15) is 25.3 Å². The Kier molecular flexibility index (Phi) is 4.20. The number of allylic oxidation sites excluding steroid dienone is 1. The van der Waals surface area contributed by atoms with Gasteiger partial charge in [0.15, 0.2) is 0 Å². The molecule has 0 aliphatic heterocycles. The Morgan fingerprint density at radius 2 is 1.93 bits per heavy atom. The number of phenolic OH excluding ortho intramolecular Hbond substituents is 1. The van der Waals surface area contributed by atoms with Gasteiger partial charge in [0.25, 0.3) is 0 Å². The predicted octanol–water partition coefficient (Wildman–Crippen LogP) is 2.57. The van der Waals surface area contributed by atoms with E-state index in [1.165, 1.54) is 0 Å². The highest BCUT2D eigenvalue weighted by molar-refractivity contribution is 5.50. The Hall–Kier alpha value is -1.28. The Labute approximate surface area is 84.5 Å². The monoisotopic (exact) mass is 192 g/mol. The summed E-state index contributed by atoms with van der Waals surface area (Å²) in [5.74, 6) is 0.283. The van der Waals surface area contributed by atoms with Gasteiger partial charge in [-0.05, 0) is 37.5 Å². The normalized spacial score (nSPS) is 13.3. The fourth-order valence-corrected chi connectivity index (χ4v) is 1.14. The van der Waals surface area contributed by atoms with Crippen molar-refractivity contribution in [1.29, 1.82) is 0 Å². The molecule has 14 heavy (non-hydrogen) atoms. The van der Waals surface area contributed by atoms with Crippen LogP contribution in [0, 0.1) is 0 Å². The maximum Gasteiger partial charge on any atom is 0.115 e. The molecular formula is C12H16O2. The van der Waals surface area contributed by atoms with Gasteiger partial charge in [0.1, 0.15) is 5.75 Å². The fraction of sp³-hybridized carbons (Fsp3) is 0.333. The number of aliphatic hydroxyl groups excluding tert-OH is 1. The lowest BCUT2D eigenvalue weighted by atomic mass is 10.1. The quantitative estimate of drug-likeness (QED) is 0.769. The van der Waals surface area contributed by atoms with Gasteiger partial charge in [0.05, 0.1) is 6.10 Å². The smallest absolute Gasteiger partial charge is 0.115 e. The highest BCUT2D eigenvalue weighted by Gasteiger charge is 1.91. The third-order valence-electron chi connectivity index (χ3n) is 1.95. The van der Waals surface area contributed by atoms with Crippen LogP contribution in [0.15, 0.2) is 30.3 Å². The highest BCUT2D eigenvalue weighted by atomic mass is 16.3. The van der Waals surface area contributed by atoms with Crippen molar-refractivity contribution in [2.45, 2.75) is 25.9 Å². The van der Waals surface area contributed by atoms with E-state index in [4.69, 9.17) is 10.2 Å². The molecule has 1 aromatic rings. The molecule has 2 N–H and O–H groups in total. The Balaban J connectivity index is 2.40. The van der Waals surface area contributed by atoms with Crippen LogP contribution < -0.4 is 0 Å². The molecule has 1 atom stereocenters. The minimum Gasteiger partial charge on any atom is -0.508 e. The van der Waals surface area contributed by atoms with Crippen LogP contribution in [0.2, 0.25) is 0 Å². The molecule has 2 heteroatoms. The molecule has 0 spiro atoms. The topological polar surface area (TPSA) is 40.5 Å². The van der Waals surface area contributed by atoms with E-state index >= 15 is 0 Å². The second-order valence-electron chi connectivity index (χ2n) is 3.42. The molecule has 76 valence electrons. The van der Waals surface area contributed by atoms with Crippen LogP contribution in [0.3, 0.4) is 0 Å². The number of hydrogen-bond donors (Lipinski definition) is 2. The van der Waals surface area contributed by atoms with Gasteiger partial charge in [0, 0.05) is 0 Å². The molecule has 0 fully saturated rings. The van der Waals surface area contributed by atoms with Crippen LogP contribution in [0.4, 0.5) is 0 Å². The van der Waals surface area contributed by atoms with E-state index in [0.717, 1.165) is 18.4 Å². The molecule has 2 nitrogen and oxygen atoms in total. The molecule has 0 heterocycles. The summed E-state index contributed by atoms with van der Waals surface area (Å²) in [6.07, 6.45) is 5.44. The molecule has 1 rings (SSSR count). The summed E-state index contributed by atoms with van der Waals surface area (Å²) in [7, 11) is 0. The SMILES string of the molecule is C[C@H](O)CCC=Cc1ccc(O)cc1. The Bertz CT molecular complexity index is 286. The van der Waals surface area contributed by atoms with Gasteiger partial charge in [-0.25, -0.2) is 0 Å². The second kappa shape index (κ2) is 5.45. The van der Waals surface area contributed by atoms with Gasteiger partial charge in [-0.1, -0.05) is 24.3 Å². The first kappa shape index (κ1) is 10.8. The number of phenols is 1. The van der Waals surface area contributed by atoms with Crippen molar-refractivity contribution >= 4 is 6.08 Å². The summed E-state index contributed by atoms with van der Waals surface area (Å²) < 4.78 is 0. The third-order valence-corrected chi connectivity index (χ3v) is 1.95. The van der Waals surface area contributed by atoms with Gasteiger partial charge >= 0.3 is 0 Å². The van der Waals surface area contributed by atoms with Crippen LogP contribution >= 0.6 is 0 Å². The third kappa shape index (κ3) is 4.10. The summed E-state index contributed by atoms with van der Waals surface area (Å²) in [6.45, 7) is 1.79. The molecule has 0 unspecified atom stereocenters. The number of hydrogen-bond acceptors (Lipinski definition) is 2. The van der Waals surface area contributed by atoms with Gasteiger partial charge < -0.3 is 10.2 Å². The first-order valence-corrected chi connectivity index (χ1v) is 4.82. The molecule has 0 aliphatic carbocycles. The second-order valence-corrected chi connectivity index (χ2v) is 3.42. The van der Waals surface area contributed by atoms with E-state index < -0.39 is 0 Å². The lowest BCUT2D eigenvalue weighted by Crippen LogP contribution is -1.96. The van der Waals surface area contributed by atoms with E-state index in [2.05, 4.69) is 0 Å². The summed E-state index contributed by atoms with van der Waals surface area (Å²) in [6, 6.07) is 7.03. The van der Waals surface area contributed by atoms with Gasteiger partial charge in [0.2, 0.25) is 0 Å². The number of benzene rings is 1. The maximum atomic E-state index is 9.04. The molecular weight excluding hydrogens is 176 g/mol. The molecule has 0 bridgehead atoms. The number of rotatable bonds is 4. The minimum atomic E-state index is -0.237. The highest BCUT2D eigenvalue weighted by Crippen LogP contribution is 2.11. The Morgan fingerprint density at radius 3 is 2.50 bits per heavy atom. The minimum absolute atomic E-state index is 0.237. The lowest BCUT2D eigenvalue weighted by Gasteiger charge is -1.98. The molecule has 0 saturated carbocycles. The average molecular weight is 192 g/mol. The van der Waals surface area contributed by atoms with Gasteiger partial charge in [-0.2, -0.15) is 0 Å². The van der Waals surface area contributed by atoms with E-state index in [-0.39, 0.29) is 11.9 Å².